The minimum absolute atomic E-state index is 0.122. The van der Waals surface area contributed by atoms with E-state index in [0.717, 1.165) is 12.1 Å². The molecule has 0 spiro atoms. The normalized spacial score (nSPS) is 12.2. The standard InChI is InChI=1S/C14H19FN2O/c1-10(2)8-17-9-12-4-5-14(13(15)6-12)18-11(3)7-16/h4-6,10-11,17H,8-9H2,1-3H3. The Morgan fingerprint density at radius 1 is 1.39 bits per heavy atom. The summed E-state index contributed by atoms with van der Waals surface area (Å²) in [6.45, 7) is 7.34. The largest absolute Gasteiger partial charge is 0.473 e. The van der Waals surface area contributed by atoms with Crippen molar-refractivity contribution in [3.05, 3.63) is 29.6 Å². The first-order chi connectivity index (χ1) is 8.52. The summed E-state index contributed by atoms with van der Waals surface area (Å²) < 4.78 is 18.8. The van der Waals surface area contributed by atoms with Crippen LogP contribution >= 0.6 is 0 Å². The maximum absolute atomic E-state index is 13.7. The summed E-state index contributed by atoms with van der Waals surface area (Å²) in [5, 5.41) is 11.8. The van der Waals surface area contributed by atoms with Crippen LogP contribution in [0.4, 0.5) is 4.39 Å². The Labute approximate surface area is 108 Å². The van der Waals surface area contributed by atoms with E-state index in [4.69, 9.17) is 10.00 Å². The molecule has 0 saturated carbocycles. The van der Waals surface area contributed by atoms with Crippen LogP contribution < -0.4 is 10.1 Å². The van der Waals surface area contributed by atoms with E-state index in [-0.39, 0.29) is 5.75 Å². The van der Waals surface area contributed by atoms with Gasteiger partial charge in [-0.25, -0.2) is 4.39 Å². The van der Waals surface area contributed by atoms with Gasteiger partial charge in [0.15, 0.2) is 17.7 Å². The molecule has 1 N–H and O–H groups in total. The van der Waals surface area contributed by atoms with Gasteiger partial charge in [-0.1, -0.05) is 19.9 Å². The highest BCUT2D eigenvalue weighted by molar-refractivity contribution is 5.29. The van der Waals surface area contributed by atoms with Gasteiger partial charge in [-0.2, -0.15) is 5.26 Å². The second-order valence-corrected chi connectivity index (χ2v) is 4.68. The van der Waals surface area contributed by atoms with E-state index in [9.17, 15) is 4.39 Å². The lowest BCUT2D eigenvalue weighted by Crippen LogP contribution is -2.19. The average molecular weight is 250 g/mol. The number of nitrogens with one attached hydrogen (secondary N) is 1. The van der Waals surface area contributed by atoms with Gasteiger partial charge in [0.05, 0.1) is 0 Å². The van der Waals surface area contributed by atoms with Crippen molar-refractivity contribution in [3.63, 3.8) is 0 Å². The van der Waals surface area contributed by atoms with Crippen molar-refractivity contribution >= 4 is 0 Å². The highest BCUT2D eigenvalue weighted by Crippen LogP contribution is 2.19. The van der Waals surface area contributed by atoms with E-state index in [1.165, 1.54) is 6.07 Å². The highest BCUT2D eigenvalue weighted by Gasteiger charge is 2.08. The molecule has 0 bridgehead atoms. The lowest BCUT2D eigenvalue weighted by atomic mass is 10.2. The zero-order valence-corrected chi connectivity index (χ0v) is 11.0. The topological polar surface area (TPSA) is 45.0 Å². The maximum atomic E-state index is 13.7. The van der Waals surface area contributed by atoms with Crippen molar-refractivity contribution in [2.24, 2.45) is 5.92 Å². The summed E-state index contributed by atoms with van der Waals surface area (Å²) in [5.41, 5.74) is 0.866. The van der Waals surface area contributed by atoms with Crippen LogP contribution in [0.3, 0.4) is 0 Å². The molecule has 3 nitrogen and oxygen atoms in total. The lowest BCUT2D eigenvalue weighted by molar-refractivity contribution is 0.263. The van der Waals surface area contributed by atoms with Crippen LogP contribution in [0.15, 0.2) is 18.2 Å². The number of ether oxygens (including phenoxy) is 1. The molecule has 0 aliphatic heterocycles. The quantitative estimate of drug-likeness (QED) is 0.844. The van der Waals surface area contributed by atoms with Crippen molar-refractivity contribution in [2.75, 3.05) is 6.54 Å². The molecule has 1 rings (SSSR count). The third-order valence-corrected chi connectivity index (χ3v) is 2.36. The lowest BCUT2D eigenvalue weighted by Gasteiger charge is -2.11. The van der Waals surface area contributed by atoms with E-state index in [2.05, 4.69) is 19.2 Å². The van der Waals surface area contributed by atoms with Gasteiger partial charge < -0.3 is 10.1 Å². The predicted molar refractivity (Wildman–Crippen MR) is 68.6 cm³/mol. The number of nitrogens with zero attached hydrogens (tertiary/aromatic N) is 1. The molecule has 0 fully saturated rings. The number of hydrogen-bond donors (Lipinski definition) is 1. The number of nitriles is 1. The molecule has 0 saturated heterocycles. The van der Waals surface area contributed by atoms with Crippen molar-refractivity contribution < 1.29 is 9.13 Å². The average Bonchev–Trinajstić information content (AvgIpc) is 2.32. The first-order valence-electron chi connectivity index (χ1n) is 6.08. The third-order valence-electron chi connectivity index (χ3n) is 2.36. The molecule has 1 unspecified atom stereocenters. The Kier molecular flexibility index (Phi) is 5.60. The molecular formula is C14H19FN2O. The number of halogens is 1. The highest BCUT2D eigenvalue weighted by atomic mass is 19.1. The molecular weight excluding hydrogens is 231 g/mol. The van der Waals surface area contributed by atoms with Crippen LogP contribution in [0.5, 0.6) is 5.75 Å². The van der Waals surface area contributed by atoms with Gasteiger partial charge in [0, 0.05) is 6.54 Å². The smallest absolute Gasteiger partial charge is 0.181 e. The molecule has 0 heterocycles. The number of rotatable bonds is 6. The van der Waals surface area contributed by atoms with Gasteiger partial charge in [-0.05, 0) is 37.1 Å². The van der Waals surface area contributed by atoms with E-state index >= 15 is 0 Å². The van der Waals surface area contributed by atoms with Crippen molar-refractivity contribution in [1.29, 1.82) is 5.26 Å². The monoisotopic (exact) mass is 250 g/mol. The third kappa shape index (κ3) is 4.72. The molecule has 0 aliphatic carbocycles. The zero-order valence-electron chi connectivity index (χ0n) is 11.0. The molecule has 0 aliphatic rings. The Bertz CT molecular complexity index is 426. The molecule has 0 radical (unpaired) electrons. The van der Waals surface area contributed by atoms with Gasteiger partial charge in [0.2, 0.25) is 0 Å². The van der Waals surface area contributed by atoms with Crippen molar-refractivity contribution in [3.8, 4) is 11.8 Å². The van der Waals surface area contributed by atoms with Gasteiger partial charge in [0.1, 0.15) is 6.07 Å². The van der Waals surface area contributed by atoms with Gasteiger partial charge in [-0.15, -0.1) is 0 Å². The van der Waals surface area contributed by atoms with Gasteiger partial charge >= 0.3 is 0 Å². The molecule has 0 aromatic heterocycles. The summed E-state index contributed by atoms with van der Waals surface area (Å²) >= 11 is 0. The molecule has 1 atom stereocenters. The minimum atomic E-state index is -0.649. The fourth-order valence-corrected chi connectivity index (χ4v) is 1.47. The SMILES string of the molecule is CC(C)CNCc1ccc(OC(C)C#N)c(F)c1. The second-order valence-electron chi connectivity index (χ2n) is 4.68. The van der Waals surface area contributed by atoms with Crippen LogP contribution in [0.2, 0.25) is 0 Å². The van der Waals surface area contributed by atoms with Crippen LogP contribution in [0.1, 0.15) is 26.3 Å². The molecule has 1 aromatic carbocycles. The van der Waals surface area contributed by atoms with Crippen LogP contribution in [-0.2, 0) is 6.54 Å². The van der Waals surface area contributed by atoms with Crippen molar-refractivity contribution in [2.45, 2.75) is 33.4 Å². The Morgan fingerprint density at radius 2 is 2.11 bits per heavy atom. The number of benzene rings is 1. The van der Waals surface area contributed by atoms with E-state index < -0.39 is 11.9 Å². The molecule has 98 valence electrons. The summed E-state index contributed by atoms with van der Waals surface area (Å²) in [4.78, 5) is 0. The number of hydrogen-bond acceptors (Lipinski definition) is 3. The fraction of sp³-hybridized carbons (Fsp3) is 0.500. The predicted octanol–water partition coefficient (Wildman–Crippen LogP) is 2.86. The summed E-state index contributed by atoms with van der Waals surface area (Å²) in [5.74, 6) is 0.256. The molecule has 4 heteroatoms. The van der Waals surface area contributed by atoms with E-state index in [1.807, 2.05) is 6.07 Å². The van der Waals surface area contributed by atoms with Gasteiger partial charge in [-0.3, -0.25) is 0 Å². The minimum Gasteiger partial charge on any atom is -0.473 e. The zero-order chi connectivity index (χ0) is 13.5. The summed E-state index contributed by atoms with van der Waals surface area (Å²) in [6, 6.07) is 6.70. The summed E-state index contributed by atoms with van der Waals surface area (Å²) in [7, 11) is 0. The van der Waals surface area contributed by atoms with E-state index in [1.54, 1.807) is 19.1 Å². The van der Waals surface area contributed by atoms with Crippen LogP contribution in [-0.4, -0.2) is 12.6 Å². The van der Waals surface area contributed by atoms with Crippen molar-refractivity contribution in [1.82, 2.24) is 5.32 Å². The van der Waals surface area contributed by atoms with Gasteiger partial charge in [0.25, 0.3) is 0 Å². The first kappa shape index (κ1) is 14.5. The fourth-order valence-electron chi connectivity index (χ4n) is 1.47. The van der Waals surface area contributed by atoms with E-state index in [0.29, 0.717) is 12.5 Å². The Morgan fingerprint density at radius 3 is 2.67 bits per heavy atom. The molecule has 18 heavy (non-hydrogen) atoms. The van der Waals surface area contributed by atoms with Crippen LogP contribution in [0.25, 0.3) is 0 Å². The first-order valence-corrected chi connectivity index (χ1v) is 6.08. The molecule has 1 aromatic rings. The Balaban J connectivity index is 2.59. The molecule has 0 amide bonds. The van der Waals surface area contributed by atoms with Crippen LogP contribution in [0, 0.1) is 23.1 Å². The second kappa shape index (κ2) is 6.97. The summed E-state index contributed by atoms with van der Waals surface area (Å²) in [6.07, 6.45) is -0.649. The Hall–Kier alpha value is -1.60. The maximum Gasteiger partial charge on any atom is 0.181 e.